The molecule has 2 aromatic heterocycles. The Morgan fingerprint density at radius 3 is 3.08 bits per heavy atom. The highest BCUT2D eigenvalue weighted by Gasteiger charge is 2.05. The summed E-state index contributed by atoms with van der Waals surface area (Å²) in [5.41, 5.74) is 2.44. The van der Waals surface area contributed by atoms with Crippen molar-refractivity contribution in [2.24, 2.45) is 7.05 Å². The molecule has 4 heteroatoms. The predicted octanol–water partition coefficient (Wildman–Crippen LogP) is 2.15. The minimum atomic E-state index is 0.598. The van der Waals surface area contributed by atoms with Gasteiger partial charge < -0.3 is 4.57 Å². The van der Waals surface area contributed by atoms with E-state index in [1.807, 2.05) is 23.9 Å². The number of rotatable bonds is 1. The smallest absolute Gasteiger partial charge is 0.151 e. The molecule has 0 radical (unpaired) electrons. The van der Waals surface area contributed by atoms with Crippen LogP contribution in [0.3, 0.4) is 0 Å². The molecular weight excluding hydrogens is 232 g/mol. The summed E-state index contributed by atoms with van der Waals surface area (Å²) in [4.78, 5) is 14.7. The number of aryl methyl sites for hydroxylation is 1. The zero-order valence-corrected chi connectivity index (χ0v) is 8.58. The fraction of sp³-hybridized carbons (Fsp3) is 0.111. The van der Waals surface area contributed by atoms with Crippen LogP contribution < -0.4 is 0 Å². The van der Waals surface area contributed by atoms with E-state index in [2.05, 4.69) is 20.9 Å². The average molecular weight is 239 g/mol. The second-order valence-electron chi connectivity index (χ2n) is 2.84. The Hall–Kier alpha value is -1.16. The molecule has 2 heterocycles. The summed E-state index contributed by atoms with van der Waals surface area (Å²) < 4.78 is 2.88. The van der Waals surface area contributed by atoms with Gasteiger partial charge in [-0.05, 0) is 22.0 Å². The third kappa shape index (κ3) is 1.27. The van der Waals surface area contributed by atoms with Gasteiger partial charge in [-0.1, -0.05) is 0 Å². The minimum absolute atomic E-state index is 0.598. The van der Waals surface area contributed by atoms with Gasteiger partial charge in [0, 0.05) is 25.0 Å². The number of carbonyl (C=O) groups excluding carboxylic acids is 1. The van der Waals surface area contributed by atoms with Gasteiger partial charge in [0.1, 0.15) is 5.52 Å². The maximum atomic E-state index is 10.5. The quantitative estimate of drug-likeness (QED) is 0.714. The van der Waals surface area contributed by atoms with Crippen molar-refractivity contribution in [3.8, 4) is 0 Å². The molecule has 66 valence electrons. The molecule has 0 aliphatic rings. The Labute approximate surface area is 83.5 Å². The number of fused-ring (bicyclic) bond motifs is 1. The number of hydrogen-bond donors (Lipinski definition) is 0. The lowest BCUT2D eigenvalue weighted by atomic mass is 10.3. The monoisotopic (exact) mass is 238 g/mol. The lowest BCUT2D eigenvalue weighted by molar-refractivity contribution is 0.112. The molecule has 0 aliphatic heterocycles. The summed E-state index contributed by atoms with van der Waals surface area (Å²) in [6.07, 6.45) is 4.29. The van der Waals surface area contributed by atoms with Crippen LogP contribution in [0.25, 0.3) is 11.0 Å². The van der Waals surface area contributed by atoms with Gasteiger partial charge >= 0.3 is 0 Å². The van der Waals surface area contributed by atoms with Crippen molar-refractivity contribution in [2.75, 3.05) is 0 Å². The topological polar surface area (TPSA) is 34.9 Å². The van der Waals surface area contributed by atoms with Gasteiger partial charge in [-0.3, -0.25) is 9.78 Å². The van der Waals surface area contributed by atoms with Crippen LogP contribution in [0.1, 0.15) is 10.4 Å². The number of carbonyl (C=O) groups is 1. The number of halogens is 1. The third-order valence-corrected chi connectivity index (χ3v) is 2.52. The zero-order valence-electron chi connectivity index (χ0n) is 6.99. The molecule has 0 amide bonds. The van der Waals surface area contributed by atoms with Gasteiger partial charge in [0.2, 0.25) is 0 Å². The fourth-order valence-corrected chi connectivity index (χ4v) is 1.90. The third-order valence-electron chi connectivity index (χ3n) is 1.94. The van der Waals surface area contributed by atoms with Crippen molar-refractivity contribution in [3.63, 3.8) is 0 Å². The highest BCUT2D eigenvalue weighted by molar-refractivity contribution is 9.10. The molecule has 0 aliphatic carbocycles. The second-order valence-corrected chi connectivity index (χ2v) is 3.70. The molecule has 2 aromatic rings. The number of nitrogens with zero attached hydrogens (tertiary/aromatic N) is 2. The SMILES string of the molecule is Cn1cc(Br)c2ncc(C=O)cc21. The molecule has 0 saturated carbocycles. The van der Waals surface area contributed by atoms with E-state index in [0.29, 0.717) is 5.56 Å². The molecule has 13 heavy (non-hydrogen) atoms. The van der Waals surface area contributed by atoms with E-state index in [9.17, 15) is 4.79 Å². The first kappa shape index (κ1) is 8.44. The Morgan fingerprint density at radius 2 is 2.38 bits per heavy atom. The van der Waals surface area contributed by atoms with Crippen molar-refractivity contribution in [3.05, 3.63) is 28.5 Å². The fourth-order valence-electron chi connectivity index (χ4n) is 1.29. The molecule has 0 atom stereocenters. The second kappa shape index (κ2) is 2.96. The van der Waals surface area contributed by atoms with Gasteiger partial charge in [-0.15, -0.1) is 0 Å². The van der Waals surface area contributed by atoms with E-state index in [1.54, 1.807) is 6.20 Å². The number of pyridine rings is 1. The number of hydrogen-bond acceptors (Lipinski definition) is 2. The van der Waals surface area contributed by atoms with E-state index in [1.165, 1.54) is 0 Å². The Kier molecular flexibility index (Phi) is 1.92. The van der Waals surface area contributed by atoms with Crippen LogP contribution in [0, 0.1) is 0 Å². The maximum Gasteiger partial charge on any atom is 0.151 e. The maximum absolute atomic E-state index is 10.5. The van der Waals surface area contributed by atoms with Crippen LogP contribution in [-0.2, 0) is 7.05 Å². The van der Waals surface area contributed by atoms with Crippen LogP contribution in [-0.4, -0.2) is 15.8 Å². The summed E-state index contributed by atoms with van der Waals surface area (Å²) in [5.74, 6) is 0. The molecule has 0 fully saturated rings. The van der Waals surface area contributed by atoms with Crippen molar-refractivity contribution in [1.82, 2.24) is 9.55 Å². The molecule has 3 nitrogen and oxygen atoms in total. The van der Waals surface area contributed by atoms with E-state index < -0.39 is 0 Å². The van der Waals surface area contributed by atoms with Crippen molar-refractivity contribution >= 4 is 33.2 Å². The minimum Gasteiger partial charge on any atom is -0.348 e. The molecule has 0 bridgehead atoms. The Balaban J connectivity index is 2.83. The largest absolute Gasteiger partial charge is 0.348 e. The summed E-state index contributed by atoms with van der Waals surface area (Å²) in [6.45, 7) is 0. The molecule has 0 saturated heterocycles. The summed E-state index contributed by atoms with van der Waals surface area (Å²) >= 11 is 3.39. The summed E-state index contributed by atoms with van der Waals surface area (Å²) in [7, 11) is 1.92. The van der Waals surface area contributed by atoms with E-state index in [0.717, 1.165) is 21.8 Å². The van der Waals surface area contributed by atoms with Crippen LogP contribution in [0.15, 0.2) is 22.9 Å². The van der Waals surface area contributed by atoms with Gasteiger partial charge in [0.05, 0.1) is 9.99 Å². The normalized spacial score (nSPS) is 10.6. The predicted molar refractivity (Wildman–Crippen MR) is 53.8 cm³/mol. The highest BCUT2D eigenvalue weighted by atomic mass is 79.9. The number of aldehydes is 1. The first-order chi connectivity index (χ1) is 6.22. The van der Waals surface area contributed by atoms with Gasteiger partial charge in [0.15, 0.2) is 6.29 Å². The van der Waals surface area contributed by atoms with E-state index in [4.69, 9.17) is 0 Å². The first-order valence-electron chi connectivity index (χ1n) is 3.78. The molecule has 0 unspecified atom stereocenters. The standard InChI is InChI=1S/C9H7BrN2O/c1-12-4-7(10)9-8(12)2-6(5-13)3-11-9/h2-5H,1H3. The highest BCUT2D eigenvalue weighted by Crippen LogP contribution is 2.23. The van der Waals surface area contributed by atoms with E-state index >= 15 is 0 Å². The van der Waals surface area contributed by atoms with Crippen LogP contribution >= 0.6 is 15.9 Å². The molecule has 2 rings (SSSR count). The van der Waals surface area contributed by atoms with Crippen LogP contribution in [0.5, 0.6) is 0 Å². The summed E-state index contributed by atoms with van der Waals surface area (Å²) in [6, 6.07) is 1.82. The molecular formula is C9H7BrN2O. The Morgan fingerprint density at radius 1 is 1.62 bits per heavy atom. The number of aromatic nitrogens is 2. The lowest BCUT2D eigenvalue weighted by Gasteiger charge is -1.95. The molecule has 0 N–H and O–H groups in total. The van der Waals surface area contributed by atoms with Gasteiger partial charge in [-0.25, -0.2) is 0 Å². The molecule has 0 aromatic carbocycles. The van der Waals surface area contributed by atoms with Crippen LogP contribution in [0.2, 0.25) is 0 Å². The first-order valence-corrected chi connectivity index (χ1v) is 4.57. The summed E-state index contributed by atoms with van der Waals surface area (Å²) in [5, 5.41) is 0. The average Bonchev–Trinajstić information content (AvgIpc) is 2.42. The van der Waals surface area contributed by atoms with Crippen molar-refractivity contribution < 1.29 is 4.79 Å². The van der Waals surface area contributed by atoms with Crippen molar-refractivity contribution in [2.45, 2.75) is 0 Å². The van der Waals surface area contributed by atoms with Crippen molar-refractivity contribution in [1.29, 1.82) is 0 Å². The Bertz CT molecular complexity index is 476. The zero-order chi connectivity index (χ0) is 9.42. The lowest BCUT2D eigenvalue weighted by Crippen LogP contribution is -1.87. The van der Waals surface area contributed by atoms with E-state index in [-0.39, 0.29) is 0 Å². The molecule has 0 spiro atoms. The van der Waals surface area contributed by atoms with Crippen LogP contribution in [0.4, 0.5) is 0 Å². The van der Waals surface area contributed by atoms with Gasteiger partial charge in [0.25, 0.3) is 0 Å². The van der Waals surface area contributed by atoms with Gasteiger partial charge in [-0.2, -0.15) is 0 Å².